The smallest absolute Gasteiger partial charge is 0.238 e. The molecule has 0 spiro atoms. The molecule has 0 radical (unpaired) electrons. The summed E-state index contributed by atoms with van der Waals surface area (Å²) >= 11 is 0. The van der Waals surface area contributed by atoms with Crippen LogP contribution >= 0.6 is 0 Å². The fourth-order valence-corrected chi connectivity index (χ4v) is 8.58. The van der Waals surface area contributed by atoms with Crippen molar-refractivity contribution in [2.45, 2.75) is 0 Å². The molecule has 0 saturated heterocycles. The average Bonchev–Trinajstić information content (AvgIpc) is 3.89. The summed E-state index contributed by atoms with van der Waals surface area (Å²) in [6.07, 6.45) is 0. The fourth-order valence-electron chi connectivity index (χ4n) is 8.58. The van der Waals surface area contributed by atoms with Crippen molar-refractivity contribution in [3.05, 3.63) is 170 Å². The molecule has 0 amide bonds. The largest absolute Gasteiger partial charge is 0.456 e. The van der Waals surface area contributed by atoms with Crippen molar-refractivity contribution < 1.29 is 4.42 Å². The van der Waals surface area contributed by atoms with Gasteiger partial charge in [0.15, 0.2) is 11.6 Å². The van der Waals surface area contributed by atoms with E-state index in [9.17, 15) is 0 Å². The van der Waals surface area contributed by atoms with E-state index in [-0.39, 0.29) is 0 Å². The molecule has 0 aliphatic heterocycles. The van der Waals surface area contributed by atoms with Crippen molar-refractivity contribution in [3.63, 3.8) is 0 Å². The molecule has 5 nitrogen and oxygen atoms in total. The molecule has 0 saturated carbocycles. The molecule has 0 bridgehead atoms. The summed E-state index contributed by atoms with van der Waals surface area (Å²) in [6, 6.07) is 59.7. The van der Waals surface area contributed by atoms with Gasteiger partial charge in [0.25, 0.3) is 0 Å². The number of aromatic nitrogens is 4. The van der Waals surface area contributed by atoms with Gasteiger partial charge in [0.1, 0.15) is 11.2 Å². The van der Waals surface area contributed by atoms with E-state index in [1.165, 1.54) is 38.4 Å². The minimum Gasteiger partial charge on any atom is -0.456 e. The molecule has 3 heterocycles. The monoisotopic (exact) mass is 688 g/mol. The van der Waals surface area contributed by atoms with Crippen LogP contribution in [-0.2, 0) is 0 Å². The van der Waals surface area contributed by atoms with Gasteiger partial charge in [-0.05, 0) is 80.6 Å². The van der Waals surface area contributed by atoms with Gasteiger partial charge >= 0.3 is 0 Å². The number of hydrogen-bond acceptors (Lipinski definition) is 4. The molecular formula is C49H28N4O. The van der Waals surface area contributed by atoms with Gasteiger partial charge in [0, 0.05) is 32.7 Å². The highest BCUT2D eigenvalue weighted by molar-refractivity contribution is 6.29. The van der Waals surface area contributed by atoms with Crippen molar-refractivity contribution in [2.24, 2.45) is 0 Å². The normalized spacial score (nSPS) is 12.1. The van der Waals surface area contributed by atoms with Crippen LogP contribution in [-0.4, -0.2) is 19.5 Å². The second kappa shape index (κ2) is 11.1. The fraction of sp³-hybridized carbons (Fsp3) is 0. The maximum atomic E-state index is 6.19. The summed E-state index contributed by atoms with van der Waals surface area (Å²) in [4.78, 5) is 15.5. The number of para-hydroxylation sites is 1. The van der Waals surface area contributed by atoms with Crippen LogP contribution in [0.15, 0.2) is 174 Å². The summed E-state index contributed by atoms with van der Waals surface area (Å²) in [5.41, 5.74) is 13.0. The third-order valence-electron chi connectivity index (χ3n) is 11.0. The molecule has 5 heteroatoms. The molecule has 1 aliphatic carbocycles. The summed E-state index contributed by atoms with van der Waals surface area (Å²) in [5, 5.41) is 7.05. The Kier molecular flexibility index (Phi) is 5.99. The van der Waals surface area contributed by atoms with Crippen molar-refractivity contribution >= 4 is 54.5 Å². The quantitative estimate of drug-likeness (QED) is 0.185. The molecule has 8 aromatic carbocycles. The van der Waals surface area contributed by atoms with Crippen molar-refractivity contribution in [3.8, 4) is 62.1 Å². The number of rotatable bonds is 4. The second-order valence-corrected chi connectivity index (χ2v) is 14.0. The number of fused-ring (bicyclic) bond motifs is 10. The van der Waals surface area contributed by atoms with Gasteiger partial charge in [-0.2, -0.15) is 9.97 Å². The van der Waals surface area contributed by atoms with E-state index in [4.69, 9.17) is 19.4 Å². The van der Waals surface area contributed by atoms with Gasteiger partial charge in [-0.3, -0.25) is 4.57 Å². The second-order valence-electron chi connectivity index (χ2n) is 14.0. The lowest BCUT2D eigenvalue weighted by atomic mass is 9.96. The first-order chi connectivity index (χ1) is 26.8. The predicted octanol–water partition coefficient (Wildman–Crippen LogP) is 12.7. The van der Waals surface area contributed by atoms with E-state index in [0.717, 1.165) is 60.6 Å². The van der Waals surface area contributed by atoms with Gasteiger partial charge in [0.05, 0.1) is 11.0 Å². The first-order valence-corrected chi connectivity index (χ1v) is 18.2. The van der Waals surface area contributed by atoms with E-state index in [0.29, 0.717) is 17.6 Å². The van der Waals surface area contributed by atoms with Crippen LogP contribution < -0.4 is 0 Å². The first-order valence-electron chi connectivity index (χ1n) is 18.2. The molecule has 250 valence electrons. The zero-order valence-corrected chi connectivity index (χ0v) is 28.9. The van der Waals surface area contributed by atoms with Crippen LogP contribution in [0.5, 0.6) is 0 Å². The van der Waals surface area contributed by atoms with Crippen molar-refractivity contribution in [1.82, 2.24) is 19.5 Å². The summed E-state index contributed by atoms with van der Waals surface area (Å²) in [7, 11) is 0. The SMILES string of the molecule is c1ccc(-c2nc(-c3ccccc3)nc(-n3c4ccc(-c5ccc6oc7ccccc7c6c5)cc4c4c5cccc6c5c(cc43)-c3ccccc3-6)n2)cc1. The summed E-state index contributed by atoms with van der Waals surface area (Å²) in [6.45, 7) is 0. The van der Waals surface area contributed by atoms with Crippen LogP contribution in [0.25, 0.3) is 117 Å². The number of benzene rings is 8. The highest BCUT2D eigenvalue weighted by Crippen LogP contribution is 2.51. The van der Waals surface area contributed by atoms with E-state index >= 15 is 0 Å². The lowest BCUT2D eigenvalue weighted by Crippen LogP contribution is -2.06. The standard InChI is InChI=1S/C49H28N4O/c1-3-12-29(13-4-1)47-50-48(30-14-5-2-6-15-30)52-49(51-47)53-41-24-22-31(32-23-25-44-38(26-32)35-18-9-10-21-43(35)54-44)27-40(41)46-37-20-11-19-36-33-16-7-8-17-34(33)39(45(36)37)28-42(46)53/h1-28H. The third kappa shape index (κ3) is 4.18. The van der Waals surface area contributed by atoms with Crippen LogP contribution in [0.1, 0.15) is 0 Å². The molecular weight excluding hydrogens is 661 g/mol. The maximum Gasteiger partial charge on any atom is 0.238 e. The average molecular weight is 689 g/mol. The Morgan fingerprint density at radius 3 is 1.70 bits per heavy atom. The molecule has 1 aliphatic rings. The number of furan rings is 1. The highest BCUT2D eigenvalue weighted by atomic mass is 16.3. The molecule has 0 N–H and O–H groups in total. The number of nitrogens with zero attached hydrogens (tertiary/aromatic N) is 4. The molecule has 12 rings (SSSR count). The Morgan fingerprint density at radius 2 is 0.944 bits per heavy atom. The molecule has 11 aromatic rings. The van der Waals surface area contributed by atoms with E-state index in [2.05, 4.69) is 126 Å². The Bertz CT molecular complexity index is 3270. The van der Waals surface area contributed by atoms with E-state index in [1.807, 2.05) is 48.5 Å². The first kappa shape index (κ1) is 29.2. The Morgan fingerprint density at radius 1 is 0.352 bits per heavy atom. The molecule has 0 atom stereocenters. The zero-order valence-electron chi connectivity index (χ0n) is 28.9. The highest BCUT2D eigenvalue weighted by Gasteiger charge is 2.26. The maximum absolute atomic E-state index is 6.19. The topological polar surface area (TPSA) is 56.7 Å². The van der Waals surface area contributed by atoms with Crippen LogP contribution in [0.3, 0.4) is 0 Å². The molecule has 0 fully saturated rings. The van der Waals surface area contributed by atoms with Crippen LogP contribution in [0.4, 0.5) is 0 Å². The Labute approximate surface area is 309 Å². The minimum absolute atomic E-state index is 0.579. The predicted molar refractivity (Wildman–Crippen MR) is 220 cm³/mol. The van der Waals surface area contributed by atoms with Gasteiger partial charge in [-0.25, -0.2) is 4.98 Å². The lowest BCUT2D eigenvalue weighted by Gasteiger charge is -2.12. The number of hydrogen-bond donors (Lipinski definition) is 0. The molecule has 54 heavy (non-hydrogen) atoms. The van der Waals surface area contributed by atoms with Gasteiger partial charge in [0.2, 0.25) is 5.95 Å². The minimum atomic E-state index is 0.579. The van der Waals surface area contributed by atoms with Crippen LogP contribution in [0.2, 0.25) is 0 Å². The zero-order chi connectivity index (χ0) is 35.3. The van der Waals surface area contributed by atoms with E-state index < -0.39 is 0 Å². The Balaban J connectivity index is 1.19. The van der Waals surface area contributed by atoms with Crippen LogP contribution in [0, 0.1) is 0 Å². The van der Waals surface area contributed by atoms with Crippen molar-refractivity contribution in [2.75, 3.05) is 0 Å². The molecule has 3 aromatic heterocycles. The summed E-state index contributed by atoms with van der Waals surface area (Å²) < 4.78 is 8.43. The van der Waals surface area contributed by atoms with Gasteiger partial charge in [-0.1, -0.05) is 133 Å². The van der Waals surface area contributed by atoms with Gasteiger partial charge in [-0.15, -0.1) is 0 Å². The third-order valence-corrected chi connectivity index (χ3v) is 11.0. The van der Waals surface area contributed by atoms with Gasteiger partial charge < -0.3 is 4.42 Å². The molecule has 0 unspecified atom stereocenters. The van der Waals surface area contributed by atoms with Crippen molar-refractivity contribution in [1.29, 1.82) is 0 Å². The Hall–Kier alpha value is -7.37. The summed E-state index contributed by atoms with van der Waals surface area (Å²) in [5.74, 6) is 1.84. The van der Waals surface area contributed by atoms with E-state index in [1.54, 1.807) is 0 Å². The lowest BCUT2D eigenvalue weighted by molar-refractivity contribution is 0.669.